The van der Waals surface area contributed by atoms with Crippen molar-refractivity contribution >= 4 is 34.3 Å². The summed E-state index contributed by atoms with van der Waals surface area (Å²) in [4.78, 5) is 0. The maximum absolute atomic E-state index is 6.29. The number of fused-ring (bicyclic) bond motifs is 1. The molecule has 6 heteroatoms. The summed E-state index contributed by atoms with van der Waals surface area (Å²) in [6.45, 7) is 6.03. The second kappa shape index (κ2) is 7.79. The van der Waals surface area contributed by atoms with Gasteiger partial charge in [0.25, 0.3) is 0 Å². The molecule has 0 bridgehead atoms. The minimum absolute atomic E-state index is 0.772. The van der Waals surface area contributed by atoms with E-state index in [1.165, 1.54) is 10.9 Å². The Hall–Kier alpha value is -2.24. The highest BCUT2D eigenvalue weighted by Crippen LogP contribution is 2.33. The lowest BCUT2D eigenvalue weighted by Crippen LogP contribution is -2.00. The smallest absolute Gasteiger partial charge is 0.191 e. The second-order valence-electron chi connectivity index (χ2n) is 6.28. The van der Waals surface area contributed by atoms with Crippen LogP contribution < -0.4 is 0 Å². The lowest BCUT2D eigenvalue weighted by molar-refractivity contribution is 0.687. The molecule has 0 radical (unpaired) electrons. The van der Waals surface area contributed by atoms with Crippen molar-refractivity contribution < 1.29 is 0 Å². The van der Waals surface area contributed by atoms with Crippen LogP contribution in [0.25, 0.3) is 22.3 Å². The third kappa shape index (κ3) is 3.37. The topological polar surface area (TPSA) is 35.6 Å². The molecule has 0 aliphatic rings. The quantitative estimate of drug-likeness (QED) is 0.381. The Morgan fingerprint density at radius 3 is 2.52 bits per heavy atom. The fourth-order valence-electron chi connectivity index (χ4n) is 3.32. The highest BCUT2D eigenvalue weighted by Gasteiger charge is 2.18. The van der Waals surface area contributed by atoms with E-state index < -0.39 is 0 Å². The van der Waals surface area contributed by atoms with Crippen molar-refractivity contribution in [2.45, 2.75) is 37.8 Å². The van der Waals surface area contributed by atoms with E-state index in [-0.39, 0.29) is 0 Å². The number of benzene rings is 2. The van der Waals surface area contributed by atoms with E-state index in [9.17, 15) is 0 Å². The van der Waals surface area contributed by atoms with Crippen LogP contribution in [-0.4, -0.2) is 19.3 Å². The fraction of sp³-hybridized carbons (Fsp3) is 0.238. The summed E-state index contributed by atoms with van der Waals surface area (Å²) < 4.78 is 4.44. The van der Waals surface area contributed by atoms with E-state index in [1.54, 1.807) is 11.8 Å². The molecular weight excluding hydrogens is 376 g/mol. The zero-order chi connectivity index (χ0) is 18.8. The third-order valence-electron chi connectivity index (χ3n) is 4.72. The van der Waals surface area contributed by atoms with Crippen LogP contribution >= 0.6 is 23.4 Å². The number of nitrogens with zero attached hydrogens (tertiary/aromatic N) is 4. The number of hydrogen-bond donors (Lipinski definition) is 0. The predicted octanol–water partition coefficient (Wildman–Crippen LogP) is 5.89. The first-order chi connectivity index (χ1) is 13.2. The molecule has 0 spiro atoms. The van der Waals surface area contributed by atoms with Gasteiger partial charge < -0.3 is 9.13 Å². The fourth-order valence-corrected chi connectivity index (χ4v) is 4.61. The first-order valence-corrected chi connectivity index (χ1v) is 10.5. The van der Waals surface area contributed by atoms with Gasteiger partial charge in [0.15, 0.2) is 11.0 Å². The van der Waals surface area contributed by atoms with Gasteiger partial charge >= 0.3 is 0 Å². The molecule has 27 heavy (non-hydrogen) atoms. The third-order valence-corrected chi connectivity index (χ3v) is 6.10. The molecule has 2 aromatic heterocycles. The van der Waals surface area contributed by atoms with Crippen LogP contribution in [0.5, 0.6) is 0 Å². The van der Waals surface area contributed by atoms with Gasteiger partial charge in [-0.2, -0.15) is 0 Å². The summed E-state index contributed by atoms with van der Waals surface area (Å²) in [5.74, 6) is 1.69. The second-order valence-corrected chi connectivity index (χ2v) is 7.63. The summed E-state index contributed by atoms with van der Waals surface area (Å²) in [6, 6.07) is 16.4. The Morgan fingerprint density at radius 2 is 1.74 bits per heavy atom. The molecule has 0 N–H and O–H groups in total. The highest BCUT2D eigenvalue weighted by molar-refractivity contribution is 7.98. The van der Waals surface area contributed by atoms with Gasteiger partial charge in [-0.3, -0.25) is 0 Å². The van der Waals surface area contributed by atoms with E-state index in [1.807, 2.05) is 18.2 Å². The predicted molar refractivity (Wildman–Crippen MR) is 113 cm³/mol. The zero-order valence-electron chi connectivity index (χ0n) is 15.4. The monoisotopic (exact) mass is 396 g/mol. The Labute approximate surface area is 168 Å². The molecule has 2 heterocycles. The van der Waals surface area contributed by atoms with E-state index in [0.717, 1.165) is 46.0 Å². The summed E-state index contributed by atoms with van der Waals surface area (Å²) in [7, 11) is 0. The lowest BCUT2D eigenvalue weighted by Gasteiger charge is -2.07. The maximum atomic E-state index is 6.29. The molecule has 4 rings (SSSR count). The van der Waals surface area contributed by atoms with Crippen molar-refractivity contribution in [2.24, 2.45) is 0 Å². The first kappa shape index (κ1) is 18.1. The lowest BCUT2D eigenvalue weighted by atomic mass is 10.1. The van der Waals surface area contributed by atoms with Crippen LogP contribution in [0.2, 0.25) is 5.02 Å². The van der Waals surface area contributed by atoms with Crippen LogP contribution in [0.15, 0.2) is 59.9 Å². The zero-order valence-corrected chi connectivity index (χ0v) is 17.0. The van der Waals surface area contributed by atoms with Crippen molar-refractivity contribution in [1.29, 1.82) is 0 Å². The molecule has 2 aromatic carbocycles. The van der Waals surface area contributed by atoms with Crippen molar-refractivity contribution in [1.82, 2.24) is 19.3 Å². The SMILES string of the molecule is CCn1c(SCc2ccccc2Cl)nnc1-c1cn(CC)c2ccccc12. The standard InChI is InChI=1S/C21H21ClN4S/c1-3-25-13-17(16-10-6-8-12-19(16)25)20-23-24-21(26(20)4-2)27-14-15-9-5-7-11-18(15)22/h5-13H,3-4,14H2,1-2H3. The molecule has 0 aliphatic carbocycles. The molecule has 4 aromatic rings. The maximum Gasteiger partial charge on any atom is 0.191 e. The Bertz CT molecular complexity index is 1080. The number of rotatable bonds is 6. The normalized spacial score (nSPS) is 11.4. The van der Waals surface area contributed by atoms with Crippen molar-refractivity contribution in [3.8, 4) is 11.4 Å². The molecule has 0 aliphatic heterocycles. The van der Waals surface area contributed by atoms with Crippen molar-refractivity contribution in [2.75, 3.05) is 0 Å². The summed E-state index contributed by atoms with van der Waals surface area (Å²) >= 11 is 7.96. The molecule has 0 unspecified atom stereocenters. The van der Waals surface area contributed by atoms with Crippen molar-refractivity contribution in [3.63, 3.8) is 0 Å². The molecule has 4 nitrogen and oxygen atoms in total. The number of halogens is 1. The number of aromatic nitrogens is 4. The van der Waals surface area contributed by atoms with E-state index >= 15 is 0 Å². The average molecular weight is 397 g/mol. The number of hydrogen-bond acceptors (Lipinski definition) is 3. The average Bonchev–Trinajstić information content (AvgIpc) is 3.27. The van der Waals surface area contributed by atoms with E-state index in [2.05, 4.69) is 69.7 Å². The first-order valence-electron chi connectivity index (χ1n) is 9.10. The Morgan fingerprint density at radius 1 is 0.963 bits per heavy atom. The van der Waals surface area contributed by atoms with Gasteiger partial charge in [0, 0.05) is 46.5 Å². The van der Waals surface area contributed by atoms with Gasteiger partial charge in [-0.05, 0) is 31.5 Å². The van der Waals surface area contributed by atoms with Crippen LogP contribution in [0.4, 0.5) is 0 Å². The van der Waals surface area contributed by atoms with Gasteiger partial charge in [0.2, 0.25) is 0 Å². The Kier molecular flexibility index (Phi) is 5.23. The number of para-hydroxylation sites is 1. The van der Waals surface area contributed by atoms with Crippen LogP contribution in [-0.2, 0) is 18.8 Å². The molecule has 0 atom stereocenters. The molecule has 0 saturated heterocycles. The highest BCUT2D eigenvalue weighted by atomic mass is 35.5. The van der Waals surface area contributed by atoms with Gasteiger partial charge in [-0.1, -0.05) is 59.8 Å². The van der Waals surface area contributed by atoms with Gasteiger partial charge in [0.05, 0.1) is 0 Å². The van der Waals surface area contributed by atoms with Gasteiger partial charge in [-0.15, -0.1) is 10.2 Å². The van der Waals surface area contributed by atoms with Gasteiger partial charge in [-0.25, -0.2) is 0 Å². The number of thioether (sulfide) groups is 1. The summed E-state index contributed by atoms with van der Waals surface area (Å²) in [6.07, 6.45) is 2.18. The molecule has 138 valence electrons. The molecule has 0 amide bonds. The van der Waals surface area contributed by atoms with Crippen LogP contribution in [0.3, 0.4) is 0 Å². The number of aryl methyl sites for hydroxylation is 1. The minimum Gasteiger partial charge on any atom is -0.347 e. The molecule has 0 saturated carbocycles. The van der Waals surface area contributed by atoms with Crippen molar-refractivity contribution in [3.05, 3.63) is 65.3 Å². The van der Waals surface area contributed by atoms with Crippen LogP contribution in [0, 0.1) is 0 Å². The van der Waals surface area contributed by atoms with E-state index in [4.69, 9.17) is 11.6 Å². The summed E-state index contributed by atoms with van der Waals surface area (Å²) in [5.41, 5.74) is 3.47. The van der Waals surface area contributed by atoms with Crippen LogP contribution in [0.1, 0.15) is 19.4 Å². The van der Waals surface area contributed by atoms with Gasteiger partial charge in [0.1, 0.15) is 0 Å². The Balaban J connectivity index is 1.71. The molecule has 0 fully saturated rings. The minimum atomic E-state index is 0.772. The largest absolute Gasteiger partial charge is 0.347 e. The van der Waals surface area contributed by atoms with E-state index in [0.29, 0.717) is 0 Å². The summed E-state index contributed by atoms with van der Waals surface area (Å²) in [5, 5.41) is 11.9. The molecular formula is C21H21ClN4S.